The standard InChI is InChI=1S/C18H17FN4O3/c19-13-5-3-12(4-6-13)15-16-17(26-21-15)18(25)23(11-20-16)10-7-14(24)22-8-1-2-9-22/h3-6,11H,1-2,7-10H2. The number of amides is 1. The van der Waals surface area contributed by atoms with E-state index in [-0.39, 0.29) is 35.8 Å². The molecular formula is C18H17FN4O3. The second-order valence-corrected chi connectivity index (χ2v) is 6.30. The van der Waals surface area contributed by atoms with E-state index in [4.69, 9.17) is 4.52 Å². The Labute approximate surface area is 148 Å². The summed E-state index contributed by atoms with van der Waals surface area (Å²) in [4.78, 5) is 30.8. The van der Waals surface area contributed by atoms with Crippen molar-refractivity contribution >= 4 is 17.0 Å². The largest absolute Gasteiger partial charge is 0.348 e. The van der Waals surface area contributed by atoms with Crippen LogP contribution < -0.4 is 5.56 Å². The molecule has 2 aromatic heterocycles. The van der Waals surface area contributed by atoms with Gasteiger partial charge in [0.2, 0.25) is 5.91 Å². The zero-order chi connectivity index (χ0) is 18.1. The molecule has 0 unspecified atom stereocenters. The molecule has 3 heterocycles. The van der Waals surface area contributed by atoms with E-state index in [1.807, 2.05) is 4.90 Å². The summed E-state index contributed by atoms with van der Waals surface area (Å²) in [6.07, 6.45) is 3.70. The second-order valence-electron chi connectivity index (χ2n) is 6.30. The summed E-state index contributed by atoms with van der Waals surface area (Å²) in [6.45, 7) is 1.81. The van der Waals surface area contributed by atoms with Crippen LogP contribution in [0.15, 0.2) is 39.9 Å². The predicted octanol–water partition coefficient (Wildman–Crippen LogP) is 2.20. The number of carbonyl (C=O) groups excluding carboxylic acids is 1. The first kappa shape index (κ1) is 16.4. The van der Waals surface area contributed by atoms with E-state index in [1.54, 1.807) is 12.1 Å². The molecule has 0 aliphatic carbocycles. The lowest BCUT2D eigenvalue weighted by Crippen LogP contribution is -2.30. The van der Waals surface area contributed by atoms with Crippen LogP contribution in [0.5, 0.6) is 0 Å². The van der Waals surface area contributed by atoms with Crippen molar-refractivity contribution in [1.29, 1.82) is 0 Å². The van der Waals surface area contributed by atoms with Crippen molar-refractivity contribution in [2.24, 2.45) is 0 Å². The van der Waals surface area contributed by atoms with Gasteiger partial charge in [0, 0.05) is 31.6 Å². The molecule has 1 amide bonds. The predicted molar refractivity (Wildman–Crippen MR) is 91.9 cm³/mol. The van der Waals surface area contributed by atoms with Gasteiger partial charge in [-0.1, -0.05) is 5.16 Å². The van der Waals surface area contributed by atoms with Crippen LogP contribution in [-0.2, 0) is 11.3 Å². The summed E-state index contributed by atoms with van der Waals surface area (Å²) in [7, 11) is 0. The average molecular weight is 356 g/mol. The van der Waals surface area contributed by atoms with Gasteiger partial charge in [0.05, 0.1) is 6.33 Å². The molecule has 134 valence electrons. The van der Waals surface area contributed by atoms with Gasteiger partial charge in [-0.2, -0.15) is 0 Å². The van der Waals surface area contributed by atoms with E-state index in [9.17, 15) is 14.0 Å². The zero-order valence-corrected chi connectivity index (χ0v) is 14.0. The highest BCUT2D eigenvalue weighted by molar-refractivity contribution is 5.87. The molecule has 0 N–H and O–H groups in total. The summed E-state index contributed by atoms with van der Waals surface area (Å²) in [5.41, 5.74) is 0.964. The van der Waals surface area contributed by atoms with Gasteiger partial charge in [0.15, 0.2) is 0 Å². The first-order chi connectivity index (χ1) is 12.6. The first-order valence-corrected chi connectivity index (χ1v) is 8.52. The maximum atomic E-state index is 13.1. The summed E-state index contributed by atoms with van der Waals surface area (Å²) in [5.74, 6) is -0.321. The van der Waals surface area contributed by atoms with Crippen molar-refractivity contribution in [1.82, 2.24) is 19.6 Å². The molecule has 0 radical (unpaired) electrons. The molecule has 1 saturated heterocycles. The van der Waals surface area contributed by atoms with Crippen molar-refractivity contribution in [2.75, 3.05) is 13.1 Å². The Balaban J connectivity index is 1.58. The van der Waals surface area contributed by atoms with Crippen LogP contribution in [0.4, 0.5) is 4.39 Å². The summed E-state index contributed by atoms with van der Waals surface area (Å²) in [6, 6.07) is 5.71. The SMILES string of the molecule is O=C(CCn1cnc2c(-c3ccc(F)cc3)noc2c1=O)N1CCCC1. The minimum absolute atomic E-state index is 0.0282. The highest BCUT2D eigenvalue weighted by Gasteiger charge is 2.19. The molecule has 0 spiro atoms. The highest BCUT2D eigenvalue weighted by atomic mass is 19.1. The number of fused-ring (bicyclic) bond motifs is 1. The van der Waals surface area contributed by atoms with Gasteiger partial charge in [0.25, 0.3) is 11.1 Å². The first-order valence-electron chi connectivity index (χ1n) is 8.52. The molecule has 26 heavy (non-hydrogen) atoms. The maximum Gasteiger partial charge on any atom is 0.299 e. The fourth-order valence-electron chi connectivity index (χ4n) is 3.15. The topological polar surface area (TPSA) is 81.2 Å². The normalized spacial score (nSPS) is 14.3. The van der Waals surface area contributed by atoms with Crippen molar-refractivity contribution < 1.29 is 13.7 Å². The Kier molecular flexibility index (Phi) is 4.24. The highest BCUT2D eigenvalue weighted by Crippen LogP contribution is 2.24. The number of carbonyl (C=O) groups is 1. The number of aromatic nitrogens is 3. The minimum atomic E-state index is -0.384. The Hall–Kier alpha value is -3.03. The minimum Gasteiger partial charge on any atom is -0.348 e. The monoisotopic (exact) mass is 356 g/mol. The van der Waals surface area contributed by atoms with E-state index >= 15 is 0 Å². The molecule has 1 fully saturated rings. The lowest BCUT2D eigenvalue weighted by molar-refractivity contribution is -0.130. The molecule has 7 nitrogen and oxygen atoms in total. The zero-order valence-electron chi connectivity index (χ0n) is 14.0. The van der Waals surface area contributed by atoms with Crippen LogP contribution in [0.2, 0.25) is 0 Å². The number of rotatable bonds is 4. The fourth-order valence-corrected chi connectivity index (χ4v) is 3.15. The maximum absolute atomic E-state index is 13.1. The summed E-state index contributed by atoms with van der Waals surface area (Å²) < 4.78 is 19.6. The Morgan fingerprint density at radius 1 is 1.19 bits per heavy atom. The third kappa shape index (κ3) is 2.98. The van der Waals surface area contributed by atoms with Crippen LogP contribution >= 0.6 is 0 Å². The van der Waals surface area contributed by atoms with Crippen molar-refractivity contribution in [2.45, 2.75) is 25.8 Å². The number of hydrogen-bond acceptors (Lipinski definition) is 5. The van der Waals surface area contributed by atoms with Gasteiger partial charge >= 0.3 is 0 Å². The molecule has 1 aromatic carbocycles. The van der Waals surface area contributed by atoms with Crippen molar-refractivity contribution in [3.05, 3.63) is 46.8 Å². The molecule has 1 aliphatic rings. The third-order valence-electron chi connectivity index (χ3n) is 4.59. The van der Waals surface area contributed by atoms with Crippen LogP contribution in [0, 0.1) is 5.82 Å². The number of halogens is 1. The van der Waals surface area contributed by atoms with Gasteiger partial charge in [-0.15, -0.1) is 0 Å². The second kappa shape index (κ2) is 6.70. The molecule has 8 heteroatoms. The number of benzene rings is 1. The molecule has 0 atom stereocenters. The molecule has 3 aromatic rings. The number of nitrogens with zero attached hydrogens (tertiary/aromatic N) is 4. The van der Waals surface area contributed by atoms with Gasteiger partial charge in [-0.25, -0.2) is 9.37 Å². The van der Waals surface area contributed by atoms with Crippen molar-refractivity contribution in [3.63, 3.8) is 0 Å². The van der Waals surface area contributed by atoms with E-state index in [1.165, 1.54) is 23.0 Å². The molecule has 1 aliphatic heterocycles. The van der Waals surface area contributed by atoms with E-state index < -0.39 is 0 Å². The summed E-state index contributed by atoms with van der Waals surface area (Å²) >= 11 is 0. The quantitative estimate of drug-likeness (QED) is 0.716. The van der Waals surface area contributed by atoms with Crippen LogP contribution in [-0.4, -0.2) is 38.6 Å². The van der Waals surface area contributed by atoms with Crippen LogP contribution in [0.1, 0.15) is 19.3 Å². The molecule has 4 rings (SSSR count). The van der Waals surface area contributed by atoms with Crippen molar-refractivity contribution in [3.8, 4) is 11.3 Å². The van der Waals surface area contributed by atoms with Gasteiger partial charge in [0.1, 0.15) is 17.0 Å². The Morgan fingerprint density at radius 2 is 1.92 bits per heavy atom. The van der Waals surface area contributed by atoms with E-state index in [0.717, 1.165) is 25.9 Å². The van der Waals surface area contributed by atoms with Gasteiger partial charge in [-0.3, -0.25) is 14.2 Å². The van der Waals surface area contributed by atoms with E-state index in [0.29, 0.717) is 16.8 Å². The van der Waals surface area contributed by atoms with Gasteiger partial charge in [-0.05, 0) is 37.1 Å². The lowest BCUT2D eigenvalue weighted by atomic mass is 10.1. The smallest absolute Gasteiger partial charge is 0.299 e. The summed E-state index contributed by atoms with van der Waals surface area (Å²) in [5, 5.41) is 3.91. The Morgan fingerprint density at radius 3 is 2.65 bits per heavy atom. The fraction of sp³-hybridized carbons (Fsp3) is 0.333. The number of hydrogen-bond donors (Lipinski definition) is 0. The third-order valence-corrected chi connectivity index (χ3v) is 4.59. The number of aryl methyl sites for hydroxylation is 1. The van der Waals surface area contributed by atoms with Crippen LogP contribution in [0.3, 0.4) is 0 Å². The number of likely N-dealkylation sites (tertiary alicyclic amines) is 1. The van der Waals surface area contributed by atoms with Gasteiger partial charge < -0.3 is 9.42 Å². The van der Waals surface area contributed by atoms with Crippen LogP contribution in [0.25, 0.3) is 22.4 Å². The molecule has 0 bridgehead atoms. The molecular weight excluding hydrogens is 339 g/mol. The lowest BCUT2D eigenvalue weighted by Gasteiger charge is -2.15. The van der Waals surface area contributed by atoms with E-state index in [2.05, 4.69) is 10.1 Å². The molecule has 0 saturated carbocycles. The average Bonchev–Trinajstić information content (AvgIpc) is 3.32. The Bertz CT molecular complexity index is 1000.